The maximum atomic E-state index is 10.9. The van der Waals surface area contributed by atoms with Crippen LogP contribution in [0.4, 0.5) is 0 Å². The van der Waals surface area contributed by atoms with Gasteiger partial charge in [0, 0.05) is 23.9 Å². The fourth-order valence-electron chi connectivity index (χ4n) is 5.46. The Balaban J connectivity index is 1.89. The summed E-state index contributed by atoms with van der Waals surface area (Å²) in [4.78, 5) is 0. The Kier molecular flexibility index (Phi) is 13.8. The zero-order valence-corrected chi connectivity index (χ0v) is 21.3. The predicted octanol–water partition coefficient (Wildman–Crippen LogP) is 7.89. The van der Waals surface area contributed by atoms with Gasteiger partial charge in [-0.3, -0.25) is 0 Å². The van der Waals surface area contributed by atoms with Crippen molar-refractivity contribution < 1.29 is 9.84 Å². The Labute approximate surface area is 189 Å². The zero-order valence-electron chi connectivity index (χ0n) is 21.3. The third kappa shape index (κ3) is 14.0. The van der Waals surface area contributed by atoms with E-state index in [0.29, 0.717) is 19.4 Å². The van der Waals surface area contributed by atoms with E-state index in [0.717, 1.165) is 6.42 Å². The number of aliphatic hydroxyl groups is 1. The molecule has 180 valence electrons. The van der Waals surface area contributed by atoms with Crippen LogP contribution < -0.4 is 5.32 Å². The molecule has 0 aromatic carbocycles. The molecule has 0 aliphatic carbocycles. The van der Waals surface area contributed by atoms with E-state index in [9.17, 15) is 5.11 Å². The van der Waals surface area contributed by atoms with Crippen molar-refractivity contribution in [3.05, 3.63) is 0 Å². The summed E-state index contributed by atoms with van der Waals surface area (Å²) in [6.45, 7) is 11.6. The van der Waals surface area contributed by atoms with Gasteiger partial charge in [-0.2, -0.15) is 0 Å². The predicted molar refractivity (Wildman–Crippen MR) is 131 cm³/mol. The molecule has 2 N–H and O–H groups in total. The number of hydrogen-bond donors (Lipinski definition) is 2. The first kappa shape index (κ1) is 27.9. The summed E-state index contributed by atoms with van der Waals surface area (Å²) in [5, 5.41) is 14.5. The highest BCUT2D eigenvalue weighted by Gasteiger charge is 2.46. The minimum atomic E-state index is -0.978. The third-order valence-electron chi connectivity index (χ3n) is 6.48. The lowest BCUT2D eigenvalue weighted by atomic mass is 9.79. The number of unbranched alkanes of at least 4 members (excludes halogenated alkanes) is 15. The molecular formula is C27H55NO2. The van der Waals surface area contributed by atoms with Crippen LogP contribution in [0.1, 0.15) is 150 Å². The molecule has 1 heterocycles. The number of rotatable bonds is 18. The summed E-state index contributed by atoms with van der Waals surface area (Å²) in [7, 11) is 0. The minimum Gasteiger partial charge on any atom is -0.365 e. The van der Waals surface area contributed by atoms with Crippen LogP contribution in [0.3, 0.4) is 0 Å². The first-order valence-corrected chi connectivity index (χ1v) is 13.3. The molecule has 0 atom stereocenters. The average Bonchev–Trinajstić information content (AvgIpc) is 2.61. The molecule has 0 unspecified atom stereocenters. The molecule has 0 aromatic heterocycles. The molecule has 0 radical (unpaired) electrons. The van der Waals surface area contributed by atoms with Gasteiger partial charge in [0.05, 0.1) is 6.61 Å². The monoisotopic (exact) mass is 425 g/mol. The van der Waals surface area contributed by atoms with Crippen LogP contribution in [0.25, 0.3) is 0 Å². The van der Waals surface area contributed by atoms with Gasteiger partial charge < -0.3 is 15.2 Å². The highest BCUT2D eigenvalue weighted by Crippen LogP contribution is 2.36. The Morgan fingerprint density at radius 1 is 0.600 bits per heavy atom. The van der Waals surface area contributed by atoms with Crippen molar-refractivity contribution in [3.63, 3.8) is 0 Å². The molecule has 1 rings (SSSR count). The molecule has 3 heteroatoms. The van der Waals surface area contributed by atoms with Gasteiger partial charge in [-0.25, -0.2) is 0 Å². The quantitative estimate of drug-likeness (QED) is 0.173. The fraction of sp³-hybridized carbons (Fsp3) is 1.00. The van der Waals surface area contributed by atoms with Gasteiger partial charge in [-0.1, -0.05) is 103 Å². The number of nitrogens with one attached hydrogen (secondary N) is 1. The SMILES string of the molecule is CCCCCCCCCCCCCCCCCCOC1(O)CC(C)(C)NC(C)(C)C1. The Morgan fingerprint density at radius 3 is 1.30 bits per heavy atom. The first-order valence-electron chi connectivity index (χ1n) is 13.3. The van der Waals surface area contributed by atoms with E-state index >= 15 is 0 Å². The normalized spacial score (nSPS) is 19.8. The minimum absolute atomic E-state index is 0.0921. The van der Waals surface area contributed by atoms with Gasteiger partial charge in [0.2, 0.25) is 0 Å². The van der Waals surface area contributed by atoms with Crippen LogP contribution in [-0.2, 0) is 4.74 Å². The lowest BCUT2D eigenvalue weighted by Gasteiger charge is -2.50. The lowest BCUT2D eigenvalue weighted by Crippen LogP contribution is -2.64. The zero-order chi connectivity index (χ0) is 22.3. The van der Waals surface area contributed by atoms with Crippen LogP contribution in [0.2, 0.25) is 0 Å². The summed E-state index contributed by atoms with van der Waals surface area (Å²) in [6, 6.07) is 0. The molecule has 1 aliphatic heterocycles. The van der Waals surface area contributed by atoms with Crippen molar-refractivity contribution in [1.82, 2.24) is 5.32 Å². The summed E-state index contributed by atoms with van der Waals surface area (Å²) < 4.78 is 5.98. The van der Waals surface area contributed by atoms with Crippen LogP contribution in [-0.4, -0.2) is 28.6 Å². The van der Waals surface area contributed by atoms with E-state index < -0.39 is 5.79 Å². The van der Waals surface area contributed by atoms with Crippen molar-refractivity contribution in [2.75, 3.05) is 6.61 Å². The molecule has 0 spiro atoms. The molecule has 0 bridgehead atoms. The van der Waals surface area contributed by atoms with E-state index in [1.807, 2.05) is 0 Å². The molecule has 0 saturated carbocycles. The van der Waals surface area contributed by atoms with E-state index in [4.69, 9.17) is 4.74 Å². The summed E-state index contributed by atoms with van der Waals surface area (Å²) in [6.07, 6.45) is 23.4. The number of ether oxygens (including phenoxy) is 1. The van der Waals surface area contributed by atoms with Gasteiger partial charge in [-0.15, -0.1) is 0 Å². The molecule has 1 fully saturated rings. The van der Waals surface area contributed by atoms with Gasteiger partial charge in [0.15, 0.2) is 5.79 Å². The lowest BCUT2D eigenvalue weighted by molar-refractivity contribution is -0.244. The van der Waals surface area contributed by atoms with Crippen LogP contribution in [0.15, 0.2) is 0 Å². The third-order valence-corrected chi connectivity index (χ3v) is 6.48. The van der Waals surface area contributed by atoms with Gasteiger partial charge >= 0.3 is 0 Å². The molecule has 3 nitrogen and oxygen atoms in total. The molecule has 0 amide bonds. The van der Waals surface area contributed by atoms with Gasteiger partial charge in [0.1, 0.15) is 0 Å². The second-order valence-corrected chi connectivity index (χ2v) is 11.3. The van der Waals surface area contributed by atoms with Crippen molar-refractivity contribution in [2.45, 2.75) is 167 Å². The van der Waals surface area contributed by atoms with Crippen LogP contribution in [0.5, 0.6) is 0 Å². The maximum absolute atomic E-state index is 10.9. The summed E-state index contributed by atoms with van der Waals surface area (Å²) >= 11 is 0. The average molecular weight is 426 g/mol. The van der Waals surface area contributed by atoms with E-state index in [-0.39, 0.29) is 11.1 Å². The second-order valence-electron chi connectivity index (χ2n) is 11.3. The molecule has 1 aliphatic rings. The van der Waals surface area contributed by atoms with Crippen molar-refractivity contribution in [3.8, 4) is 0 Å². The molecule has 0 aromatic rings. The molecule has 1 saturated heterocycles. The van der Waals surface area contributed by atoms with Crippen molar-refractivity contribution in [1.29, 1.82) is 0 Å². The second kappa shape index (κ2) is 14.9. The largest absolute Gasteiger partial charge is 0.365 e. The Bertz CT molecular complexity index is 403. The molecular weight excluding hydrogens is 370 g/mol. The van der Waals surface area contributed by atoms with E-state index in [1.165, 1.54) is 96.3 Å². The maximum Gasteiger partial charge on any atom is 0.168 e. The standard InChI is InChI=1S/C27H55NO2/c1-6-7-8-9-10-11-12-13-14-15-16-17-18-19-20-21-22-30-27(29)23-25(2,3)28-26(4,5)24-27/h28-29H,6-24H2,1-5H3. The highest BCUT2D eigenvalue weighted by molar-refractivity contribution is 5.00. The molecule has 30 heavy (non-hydrogen) atoms. The van der Waals surface area contributed by atoms with E-state index in [1.54, 1.807) is 0 Å². The van der Waals surface area contributed by atoms with Crippen molar-refractivity contribution in [2.24, 2.45) is 0 Å². The van der Waals surface area contributed by atoms with Crippen molar-refractivity contribution >= 4 is 0 Å². The van der Waals surface area contributed by atoms with Gasteiger partial charge in [-0.05, 0) is 34.1 Å². The highest BCUT2D eigenvalue weighted by atomic mass is 16.6. The Morgan fingerprint density at radius 2 is 0.933 bits per heavy atom. The topological polar surface area (TPSA) is 41.5 Å². The number of piperidine rings is 1. The summed E-state index contributed by atoms with van der Waals surface area (Å²) in [5.41, 5.74) is -0.184. The van der Waals surface area contributed by atoms with E-state index in [2.05, 4.69) is 39.9 Å². The smallest absolute Gasteiger partial charge is 0.168 e. The number of hydrogen-bond acceptors (Lipinski definition) is 3. The van der Waals surface area contributed by atoms with Crippen LogP contribution >= 0.6 is 0 Å². The fourth-order valence-corrected chi connectivity index (χ4v) is 5.46. The Hall–Kier alpha value is -0.120. The van der Waals surface area contributed by atoms with Crippen LogP contribution in [0, 0.1) is 0 Å². The van der Waals surface area contributed by atoms with Gasteiger partial charge in [0.25, 0.3) is 0 Å². The first-order chi connectivity index (χ1) is 14.2. The summed E-state index contributed by atoms with van der Waals surface area (Å²) in [5.74, 6) is -0.978.